The van der Waals surface area contributed by atoms with E-state index in [4.69, 9.17) is 4.74 Å². The normalized spacial score (nSPS) is 19.1. The number of carbonyl (C=O) groups is 1. The van der Waals surface area contributed by atoms with Gasteiger partial charge in [0.1, 0.15) is 6.10 Å². The lowest BCUT2D eigenvalue weighted by molar-refractivity contribution is -0.127. The fraction of sp³-hybridized carbons (Fsp3) is 0.364. The molecule has 2 atom stereocenters. The summed E-state index contributed by atoms with van der Waals surface area (Å²) in [6.07, 6.45) is -0.237. The molecule has 0 aliphatic carbocycles. The Morgan fingerprint density at radius 3 is 2.59 bits per heavy atom. The number of likely N-dealkylation sites (tertiary alicyclic amines) is 1. The Morgan fingerprint density at radius 1 is 1.09 bits per heavy atom. The first kappa shape index (κ1) is 21.8. The van der Waals surface area contributed by atoms with Gasteiger partial charge in [0.05, 0.1) is 36.6 Å². The van der Waals surface area contributed by atoms with Crippen molar-refractivity contribution in [1.29, 1.82) is 0 Å². The summed E-state index contributed by atoms with van der Waals surface area (Å²) in [5.74, 6) is -0.256. The van der Waals surface area contributed by atoms with Gasteiger partial charge in [0.2, 0.25) is 5.88 Å². The number of pyridine rings is 1. The second-order valence-corrected chi connectivity index (χ2v) is 7.72. The quantitative estimate of drug-likeness (QED) is 0.597. The van der Waals surface area contributed by atoms with Crippen LogP contribution >= 0.6 is 0 Å². The molecule has 0 N–H and O–H groups in total. The minimum atomic E-state index is -4.37. The van der Waals surface area contributed by atoms with Gasteiger partial charge in [-0.2, -0.15) is 28.2 Å². The highest BCUT2D eigenvalue weighted by molar-refractivity contribution is 5.98. The molecule has 3 aromatic rings. The first-order valence-electron chi connectivity index (χ1n) is 10.3. The number of hydrogen-bond donors (Lipinski definition) is 0. The van der Waals surface area contributed by atoms with Crippen LogP contribution in [0.5, 0.6) is 5.88 Å². The topological polar surface area (TPSA) is 73.1 Å². The number of carbonyl (C=O) groups excluding carboxylic acids is 1. The minimum Gasteiger partial charge on any atom is -0.472 e. The maximum atomic E-state index is 13.4. The third-order valence-electron chi connectivity index (χ3n) is 5.39. The van der Waals surface area contributed by atoms with Crippen molar-refractivity contribution in [2.24, 2.45) is 0 Å². The van der Waals surface area contributed by atoms with Crippen LogP contribution in [0.3, 0.4) is 0 Å². The smallest absolute Gasteiger partial charge is 0.393 e. The lowest BCUT2D eigenvalue weighted by Gasteiger charge is -2.38. The van der Waals surface area contributed by atoms with E-state index in [0.29, 0.717) is 24.1 Å². The van der Waals surface area contributed by atoms with Crippen LogP contribution in [0, 0.1) is 0 Å². The summed E-state index contributed by atoms with van der Waals surface area (Å²) >= 11 is 0. The molecule has 4 rings (SSSR count). The maximum absolute atomic E-state index is 13.4. The number of aromatic nitrogens is 4. The third kappa shape index (κ3) is 4.90. The van der Waals surface area contributed by atoms with Crippen molar-refractivity contribution in [2.75, 3.05) is 6.54 Å². The molecule has 3 heterocycles. The first-order chi connectivity index (χ1) is 15.3. The molecular formula is C22H22F3N5O2. The Kier molecular flexibility index (Phi) is 6.11. The van der Waals surface area contributed by atoms with Gasteiger partial charge in [0.15, 0.2) is 0 Å². The van der Waals surface area contributed by atoms with E-state index in [-0.39, 0.29) is 29.9 Å². The maximum Gasteiger partial charge on any atom is 0.393 e. The fourth-order valence-electron chi connectivity index (χ4n) is 3.82. The molecule has 0 saturated carbocycles. The Morgan fingerprint density at radius 2 is 1.84 bits per heavy atom. The number of piperidine rings is 1. The van der Waals surface area contributed by atoms with Crippen molar-refractivity contribution >= 4 is 5.91 Å². The lowest BCUT2D eigenvalue weighted by Crippen LogP contribution is -2.49. The van der Waals surface area contributed by atoms with E-state index in [1.807, 2.05) is 6.92 Å². The summed E-state index contributed by atoms with van der Waals surface area (Å²) in [5.41, 5.74) is 0.966. The molecule has 2 aromatic heterocycles. The number of para-hydroxylation sites is 1. The fourth-order valence-corrected chi connectivity index (χ4v) is 3.82. The van der Waals surface area contributed by atoms with Gasteiger partial charge in [0, 0.05) is 17.8 Å². The molecule has 0 spiro atoms. The molecule has 1 aliphatic heterocycles. The molecule has 1 aliphatic rings. The standard InChI is InChI=1S/C22H22F3N5O2/c1-15-8-9-17(32-20-16(5-4-10-26-20)13-22(23,24)25)14-29(15)21(31)18-6-2-3-7-19(18)30-27-11-12-28-30/h2-7,10-12,15,17H,8-9,13-14H2,1H3/t15-,17?/m1/s1. The van der Waals surface area contributed by atoms with Crippen LogP contribution in [0.15, 0.2) is 55.0 Å². The summed E-state index contributed by atoms with van der Waals surface area (Å²) in [6, 6.07) is 9.78. The van der Waals surface area contributed by atoms with Crippen molar-refractivity contribution in [1.82, 2.24) is 24.9 Å². The molecule has 1 unspecified atom stereocenters. The lowest BCUT2D eigenvalue weighted by atomic mass is 9.99. The monoisotopic (exact) mass is 445 g/mol. The van der Waals surface area contributed by atoms with Crippen molar-refractivity contribution in [3.05, 3.63) is 66.1 Å². The Bertz CT molecular complexity index is 1070. The Balaban J connectivity index is 1.54. The molecule has 7 nitrogen and oxygen atoms in total. The van der Waals surface area contributed by atoms with Gasteiger partial charge in [-0.1, -0.05) is 18.2 Å². The first-order valence-corrected chi connectivity index (χ1v) is 10.3. The van der Waals surface area contributed by atoms with Gasteiger partial charge in [-0.3, -0.25) is 4.79 Å². The third-order valence-corrected chi connectivity index (χ3v) is 5.39. The number of nitrogens with zero attached hydrogens (tertiary/aromatic N) is 5. The zero-order chi connectivity index (χ0) is 22.7. The molecule has 0 bridgehead atoms. The number of halogens is 3. The van der Waals surface area contributed by atoms with E-state index < -0.39 is 18.7 Å². The molecule has 1 saturated heterocycles. The van der Waals surface area contributed by atoms with Gasteiger partial charge in [0.25, 0.3) is 5.91 Å². The highest BCUT2D eigenvalue weighted by Crippen LogP contribution is 2.29. The second kappa shape index (κ2) is 8.97. The number of alkyl halides is 3. The second-order valence-electron chi connectivity index (χ2n) is 7.72. The summed E-state index contributed by atoms with van der Waals surface area (Å²) in [7, 11) is 0. The van der Waals surface area contributed by atoms with Crippen LogP contribution in [0.4, 0.5) is 13.2 Å². The Labute approximate surface area is 182 Å². The van der Waals surface area contributed by atoms with Gasteiger partial charge in [-0.25, -0.2) is 4.98 Å². The average Bonchev–Trinajstić information content (AvgIpc) is 3.30. The van der Waals surface area contributed by atoms with Gasteiger partial charge in [-0.15, -0.1) is 0 Å². The predicted octanol–water partition coefficient (Wildman–Crippen LogP) is 3.84. The summed E-state index contributed by atoms with van der Waals surface area (Å²) in [4.78, 5) is 20.5. The van der Waals surface area contributed by atoms with E-state index >= 15 is 0 Å². The van der Waals surface area contributed by atoms with E-state index in [2.05, 4.69) is 15.2 Å². The van der Waals surface area contributed by atoms with Gasteiger partial charge < -0.3 is 9.64 Å². The molecule has 1 fully saturated rings. The molecule has 32 heavy (non-hydrogen) atoms. The number of hydrogen-bond acceptors (Lipinski definition) is 5. The van der Waals surface area contributed by atoms with Gasteiger partial charge >= 0.3 is 6.18 Å². The number of rotatable bonds is 5. The summed E-state index contributed by atoms with van der Waals surface area (Å²) in [5, 5.41) is 8.23. The summed E-state index contributed by atoms with van der Waals surface area (Å²) < 4.78 is 44.6. The number of ether oxygens (including phenoxy) is 1. The van der Waals surface area contributed by atoms with Gasteiger partial charge in [-0.05, 0) is 38.0 Å². The molecule has 1 amide bonds. The SMILES string of the molecule is C[C@@H]1CCC(Oc2ncccc2CC(F)(F)F)CN1C(=O)c1ccccc1-n1nccn1. The van der Waals surface area contributed by atoms with Crippen LogP contribution in [0.25, 0.3) is 5.69 Å². The van der Waals surface area contributed by atoms with Crippen LogP contribution in [-0.2, 0) is 6.42 Å². The highest BCUT2D eigenvalue weighted by atomic mass is 19.4. The van der Waals surface area contributed by atoms with E-state index in [1.54, 1.807) is 29.2 Å². The molecule has 168 valence electrons. The van der Waals surface area contributed by atoms with E-state index in [9.17, 15) is 18.0 Å². The molecular weight excluding hydrogens is 423 g/mol. The minimum absolute atomic E-state index is 0.0217. The zero-order valence-electron chi connectivity index (χ0n) is 17.4. The van der Waals surface area contributed by atoms with E-state index in [1.165, 1.54) is 35.5 Å². The number of benzene rings is 1. The molecule has 1 aromatic carbocycles. The highest BCUT2D eigenvalue weighted by Gasteiger charge is 2.34. The Hall–Kier alpha value is -3.43. The molecule has 0 radical (unpaired) electrons. The predicted molar refractivity (Wildman–Crippen MR) is 110 cm³/mol. The molecule has 10 heteroatoms. The average molecular weight is 445 g/mol. The van der Waals surface area contributed by atoms with Crippen LogP contribution < -0.4 is 4.74 Å². The van der Waals surface area contributed by atoms with Crippen LogP contribution in [0.2, 0.25) is 0 Å². The zero-order valence-corrected chi connectivity index (χ0v) is 17.4. The summed E-state index contributed by atoms with van der Waals surface area (Å²) in [6.45, 7) is 2.18. The largest absolute Gasteiger partial charge is 0.472 e. The van der Waals surface area contributed by atoms with Crippen molar-refractivity contribution in [3.8, 4) is 11.6 Å². The van der Waals surface area contributed by atoms with Crippen molar-refractivity contribution < 1.29 is 22.7 Å². The van der Waals surface area contributed by atoms with Crippen LogP contribution in [-0.4, -0.2) is 55.7 Å². The number of amides is 1. The van der Waals surface area contributed by atoms with Crippen molar-refractivity contribution in [3.63, 3.8) is 0 Å². The van der Waals surface area contributed by atoms with Crippen molar-refractivity contribution in [2.45, 2.75) is 44.5 Å². The van der Waals surface area contributed by atoms with E-state index in [0.717, 1.165) is 0 Å². The van der Waals surface area contributed by atoms with Crippen LogP contribution in [0.1, 0.15) is 35.7 Å².